The molecule has 0 aliphatic heterocycles. The number of hydrogen-bond acceptors (Lipinski definition) is 5. The van der Waals surface area contributed by atoms with E-state index in [1.165, 1.54) is 18.2 Å². The van der Waals surface area contributed by atoms with Crippen LogP contribution >= 0.6 is 15.9 Å². The van der Waals surface area contributed by atoms with Crippen LogP contribution in [0.3, 0.4) is 0 Å². The number of rotatable bonds is 6. The van der Waals surface area contributed by atoms with Crippen LogP contribution < -0.4 is 5.32 Å². The van der Waals surface area contributed by atoms with Crippen LogP contribution in [-0.4, -0.2) is 16.8 Å². The van der Waals surface area contributed by atoms with Crippen LogP contribution in [0.4, 0.5) is 20.2 Å². The highest BCUT2D eigenvalue weighted by atomic mass is 79.9. The third-order valence-corrected chi connectivity index (χ3v) is 4.80. The molecular formula is C21H13BrF2N2O5. The molecular weight excluding hydrogens is 478 g/mol. The van der Waals surface area contributed by atoms with Crippen molar-refractivity contribution < 1.29 is 28.0 Å². The van der Waals surface area contributed by atoms with Crippen LogP contribution in [0.5, 0.6) is 0 Å². The Kier molecular flexibility index (Phi) is 6.71. The van der Waals surface area contributed by atoms with Crippen molar-refractivity contribution in [1.82, 2.24) is 0 Å². The Bertz CT molecular complexity index is 1160. The number of nitrogens with zero attached hydrogens (tertiary/aromatic N) is 1. The van der Waals surface area contributed by atoms with E-state index in [9.17, 15) is 28.5 Å². The van der Waals surface area contributed by atoms with Gasteiger partial charge in [-0.15, -0.1) is 0 Å². The molecule has 0 spiro atoms. The molecule has 3 aromatic rings. The number of non-ortho nitro benzene ring substituents is 1. The lowest BCUT2D eigenvalue weighted by molar-refractivity contribution is -0.384. The number of nitrogens with one attached hydrogen (secondary N) is 1. The molecule has 0 aliphatic rings. The van der Waals surface area contributed by atoms with Gasteiger partial charge >= 0.3 is 5.97 Å². The summed E-state index contributed by atoms with van der Waals surface area (Å²) in [6.07, 6.45) is -1.43. The fourth-order valence-corrected chi connectivity index (χ4v) is 3.08. The number of nitro groups is 1. The number of nitro benzene ring substituents is 1. The first-order chi connectivity index (χ1) is 14.8. The van der Waals surface area contributed by atoms with Crippen molar-refractivity contribution in [3.63, 3.8) is 0 Å². The van der Waals surface area contributed by atoms with Crippen LogP contribution in [0, 0.1) is 21.7 Å². The van der Waals surface area contributed by atoms with Crippen molar-refractivity contribution in [3.8, 4) is 0 Å². The maximum Gasteiger partial charge on any atom is 0.339 e. The molecule has 1 unspecified atom stereocenters. The van der Waals surface area contributed by atoms with Crippen molar-refractivity contribution in [1.29, 1.82) is 0 Å². The molecule has 158 valence electrons. The Labute approximate surface area is 182 Å². The van der Waals surface area contributed by atoms with Crippen LogP contribution in [0.25, 0.3) is 0 Å². The van der Waals surface area contributed by atoms with Gasteiger partial charge in [0.2, 0.25) is 6.10 Å². The van der Waals surface area contributed by atoms with Gasteiger partial charge in [0.25, 0.3) is 11.6 Å². The Balaban J connectivity index is 1.87. The minimum atomic E-state index is -1.43. The van der Waals surface area contributed by atoms with Gasteiger partial charge in [-0.1, -0.05) is 30.3 Å². The Morgan fingerprint density at radius 2 is 1.71 bits per heavy atom. The number of anilines is 1. The number of halogens is 3. The second kappa shape index (κ2) is 9.43. The highest BCUT2D eigenvalue weighted by molar-refractivity contribution is 9.10. The van der Waals surface area contributed by atoms with Gasteiger partial charge in [0.05, 0.1) is 16.2 Å². The van der Waals surface area contributed by atoms with Gasteiger partial charge in [-0.3, -0.25) is 14.9 Å². The summed E-state index contributed by atoms with van der Waals surface area (Å²) in [7, 11) is 0. The number of ether oxygens (including phenoxy) is 1. The van der Waals surface area contributed by atoms with Crippen molar-refractivity contribution in [2.75, 3.05) is 5.32 Å². The summed E-state index contributed by atoms with van der Waals surface area (Å²) in [5, 5.41) is 13.4. The normalized spacial score (nSPS) is 11.5. The average molecular weight is 491 g/mol. The first-order valence-corrected chi connectivity index (χ1v) is 9.51. The number of amides is 1. The van der Waals surface area contributed by atoms with Gasteiger partial charge in [0, 0.05) is 22.2 Å². The largest absolute Gasteiger partial charge is 0.444 e. The molecule has 1 amide bonds. The van der Waals surface area contributed by atoms with Crippen LogP contribution in [-0.2, 0) is 9.53 Å². The zero-order valence-corrected chi connectivity index (χ0v) is 17.1. The molecule has 0 fully saturated rings. The zero-order valence-electron chi connectivity index (χ0n) is 15.6. The monoisotopic (exact) mass is 490 g/mol. The summed E-state index contributed by atoms with van der Waals surface area (Å²) in [6, 6.07) is 14.3. The van der Waals surface area contributed by atoms with Gasteiger partial charge in [-0.05, 0) is 40.2 Å². The summed E-state index contributed by atoms with van der Waals surface area (Å²) < 4.78 is 32.1. The van der Waals surface area contributed by atoms with Gasteiger partial charge in [-0.2, -0.15) is 0 Å². The summed E-state index contributed by atoms with van der Waals surface area (Å²) in [5.74, 6) is -4.15. The van der Waals surface area contributed by atoms with E-state index in [2.05, 4.69) is 21.2 Å². The molecule has 0 bridgehead atoms. The molecule has 3 rings (SSSR count). The van der Waals surface area contributed by atoms with E-state index in [4.69, 9.17) is 4.74 Å². The Morgan fingerprint density at radius 3 is 2.32 bits per heavy atom. The van der Waals surface area contributed by atoms with E-state index in [1.54, 1.807) is 30.3 Å². The molecule has 0 heterocycles. The molecule has 0 saturated heterocycles. The zero-order chi connectivity index (χ0) is 22.5. The van der Waals surface area contributed by atoms with E-state index in [0.717, 1.165) is 12.1 Å². The summed E-state index contributed by atoms with van der Waals surface area (Å²) >= 11 is 3.15. The predicted molar refractivity (Wildman–Crippen MR) is 110 cm³/mol. The smallest absolute Gasteiger partial charge is 0.339 e. The average Bonchev–Trinajstić information content (AvgIpc) is 2.75. The van der Waals surface area contributed by atoms with Crippen molar-refractivity contribution >= 4 is 39.2 Å². The number of hydrogen-bond donors (Lipinski definition) is 1. The fraction of sp³-hybridized carbons (Fsp3) is 0.0476. The minimum Gasteiger partial charge on any atom is -0.444 e. The molecule has 1 N–H and O–H groups in total. The van der Waals surface area contributed by atoms with Crippen molar-refractivity contribution in [3.05, 3.63) is 104 Å². The Morgan fingerprint density at radius 1 is 1.00 bits per heavy atom. The van der Waals surface area contributed by atoms with E-state index in [1.807, 2.05) is 0 Å². The van der Waals surface area contributed by atoms with Crippen LogP contribution in [0.2, 0.25) is 0 Å². The van der Waals surface area contributed by atoms with Crippen molar-refractivity contribution in [2.45, 2.75) is 6.10 Å². The standard InChI is InChI=1S/C21H13BrF2N2O5/c22-15-11-14(26(29)30)7-9-18(15)25-20(27)19(12-4-2-1-3-5-12)31-21(28)13-6-8-16(23)17(24)10-13/h1-11,19H,(H,25,27). The first-order valence-electron chi connectivity index (χ1n) is 8.72. The summed E-state index contributed by atoms with van der Waals surface area (Å²) in [5.41, 5.74) is 0.0766. The number of esters is 1. The fourth-order valence-electron chi connectivity index (χ4n) is 2.62. The third-order valence-electron chi connectivity index (χ3n) is 4.14. The molecule has 3 aromatic carbocycles. The highest BCUT2D eigenvalue weighted by Gasteiger charge is 2.27. The first kappa shape index (κ1) is 22.0. The van der Waals surface area contributed by atoms with Crippen molar-refractivity contribution in [2.24, 2.45) is 0 Å². The molecule has 0 aliphatic carbocycles. The molecule has 0 aromatic heterocycles. The SMILES string of the molecule is O=C(OC(C(=O)Nc1ccc([N+](=O)[O-])cc1Br)c1ccccc1)c1ccc(F)c(F)c1. The third kappa shape index (κ3) is 5.28. The van der Waals surface area contributed by atoms with Gasteiger partial charge in [-0.25, -0.2) is 13.6 Å². The van der Waals surface area contributed by atoms with Gasteiger partial charge in [0.15, 0.2) is 11.6 Å². The molecule has 0 radical (unpaired) electrons. The topological polar surface area (TPSA) is 98.5 Å². The minimum absolute atomic E-state index is 0.186. The number of carbonyl (C=O) groups excluding carboxylic acids is 2. The second-order valence-electron chi connectivity index (χ2n) is 6.24. The van der Waals surface area contributed by atoms with E-state index in [0.29, 0.717) is 11.6 Å². The van der Waals surface area contributed by atoms with Gasteiger partial charge < -0.3 is 10.1 Å². The quantitative estimate of drug-likeness (QED) is 0.292. The van der Waals surface area contributed by atoms with Crippen LogP contribution in [0.15, 0.2) is 71.2 Å². The van der Waals surface area contributed by atoms with Crippen LogP contribution in [0.1, 0.15) is 22.0 Å². The number of carbonyl (C=O) groups is 2. The maximum absolute atomic E-state index is 13.5. The highest BCUT2D eigenvalue weighted by Crippen LogP contribution is 2.29. The Hall–Kier alpha value is -3.66. The molecule has 0 saturated carbocycles. The van der Waals surface area contributed by atoms with E-state index < -0.39 is 34.5 Å². The molecule has 7 nitrogen and oxygen atoms in total. The second-order valence-corrected chi connectivity index (χ2v) is 7.09. The lowest BCUT2D eigenvalue weighted by Crippen LogP contribution is -2.26. The van der Waals surface area contributed by atoms with E-state index >= 15 is 0 Å². The lowest BCUT2D eigenvalue weighted by Gasteiger charge is -2.18. The van der Waals surface area contributed by atoms with Gasteiger partial charge in [0.1, 0.15) is 0 Å². The summed E-state index contributed by atoms with van der Waals surface area (Å²) in [6.45, 7) is 0. The lowest BCUT2D eigenvalue weighted by atomic mass is 10.1. The predicted octanol–water partition coefficient (Wildman–Crippen LogP) is 5.17. The molecule has 1 atom stereocenters. The van der Waals surface area contributed by atoms with E-state index in [-0.39, 0.29) is 21.4 Å². The summed E-state index contributed by atoms with van der Waals surface area (Å²) in [4.78, 5) is 35.6. The number of benzene rings is 3. The molecule has 31 heavy (non-hydrogen) atoms. The molecule has 10 heteroatoms. The maximum atomic E-state index is 13.5.